The standard InChI is InChI=1S/C64H65FN6O13/c1-6-64(81)46-26-51-58-43(31-71(51)60(78)45(46)33-82-61(64)79)57-48(21-20-38-34(2)47(65)27-50(69-58)56(38)57)68-54(75)30-67-59(77)36(24-35-14-8-7-9-15-35)25-37(72)29-66-53(74)23-22-52(73)49(28-55(76)84-63(3,4)5)70-62(80)83-32-44-41-18-12-10-16-39(41)40-17-11-13-19-42(40)44/h7-19,26-27,36,44,48-49,81H,6,20-25,28-33H2,1-5H3,(H,66,74)(H,67,77)(H,68,75)(H,70,80)/t36-,48+,49+,64+/m1/s1. The number of fused-ring (bicyclic) bond motifs is 8. The van der Waals surface area contributed by atoms with Gasteiger partial charge in [-0.15, -0.1) is 0 Å². The Bertz CT molecular complexity index is 3720. The van der Waals surface area contributed by atoms with Crippen LogP contribution in [0, 0.1) is 18.7 Å². The topological polar surface area (TPSA) is 267 Å². The molecule has 6 aromatic rings. The number of aliphatic hydroxyl groups is 1. The first-order chi connectivity index (χ1) is 40.1. The number of benzene rings is 4. The van der Waals surface area contributed by atoms with E-state index in [1.54, 1.807) is 71.0 Å². The van der Waals surface area contributed by atoms with Crippen molar-refractivity contribution in [3.8, 4) is 22.5 Å². The molecule has 0 fully saturated rings. The predicted molar refractivity (Wildman–Crippen MR) is 304 cm³/mol. The Labute approximate surface area is 483 Å². The quantitative estimate of drug-likeness (QED) is 0.0394. The number of ether oxygens (including phenoxy) is 3. The number of nitrogens with one attached hydrogen (secondary N) is 4. The third-order valence-corrected chi connectivity index (χ3v) is 16.2. The Morgan fingerprint density at radius 3 is 2.24 bits per heavy atom. The van der Waals surface area contributed by atoms with E-state index < -0.39 is 120 Å². The first kappa shape index (κ1) is 58.3. The number of esters is 2. The van der Waals surface area contributed by atoms with Crippen molar-refractivity contribution >= 4 is 58.2 Å². The maximum Gasteiger partial charge on any atom is 0.407 e. The predicted octanol–water partition coefficient (Wildman–Crippen LogP) is 6.67. The molecule has 2 aliphatic carbocycles. The minimum atomic E-state index is -2.07. The molecule has 2 aliphatic heterocycles. The Hall–Kier alpha value is -8.91. The van der Waals surface area contributed by atoms with Crippen LogP contribution in [0.25, 0.3) is 33.4 Å². The molecule has 436 valence electrons. The van der Waals surface area contributed by atoms with Crippen LogP contribution in [-0.4, -0.2) is 93.3 Å². The number of hydrogen-bond donors (Lipinski definition) is 5. The summed E-state index contributed by atoms with van der Waals surface area (Å²) >= 11 is 0. The fourth-order valence-electron chi connectivity index (χ4n) is 12.0. The number of carbonyl (C=O) groups excluding carboxylic acids is 8. The summed E-state index contributed by atoms with van der Waals surface area (Å²) in [7, 11) is 0. The number of pyridine rings is 2. The van der Waals surface area contributed by atoms with E-state index in [0.29, 0.717) is 57.4 Å². The van der Waals surface area contributed by atoms with E-state index in [4.69, 9.17) is 19.2 Å². The summed E-state index contributed by atoms with van der Waals surface area (Å²) in [5.41, 5.74) is 4.83. The monoisotopic (exact) mass is 1140 g/mol. The van der Waals surface area contributed by atoms with Gasteiger partial charge in [-0.05, 0) is 104 Å². The van der Waals surface area contributed by atoms with E-state index in [0.717, 1.165) is 27.8 Å². The van der Waals surface area contributed by atoms with Crippen molar-refractivity contribution in [1.82, 2.24) is 30.8 Å². The number of rotatable bonds is 20. The van der Waals surface area contributed by atoms with Crippen molar-refractivity contribution < 1.29 is 62.1 Å². The second-order valence-electron chi connectivity index (χ2n) is 22.9. The highest BCUT2D eigenvalue weighted by atomic mass is 19.1. The highest BCUT2D eigenvalue weighted by Gasteiger charge is 2.46. The zero-order valence-corrected chi connectivity index (χ0v) is 47.3. The van der Waals surface area contributed by atoms with Gasteiger partial charge in [-0.25, -0.2) is 19.0 Å². The van der Waals surface area contributed by atoms with Crippen molar-refractivity contribution in [2.24, 2.45) is 5.92 Å². The largest absolute Gasteiger partial charge is 0.460 e. The third kappa shape index (κ3) is 11.8. The molecule has 0 radical (unpaired) electrons. The smallest absolute Gasteiger partial charge is 0.407 e. The van der Waals surface area contributed by atoms with Crippen LogP contribution in [0.1, 0.15) is 128 Å². The Morgan fingerprint density at radius 1 is 0.857 bits per heavy atom. The molecular weight excluding hydrogens is 1080 g/mol. The number of aryl methyl sites for hydroxylation is 1. The molecule has 0 spiro atoms. The Kier molecular flexibility index (Phi) is 16.5. The molecule has 0 unspecified atom stereocenters. The average molecular weight is 1150 g/mol. The maximum atomic E-state index is 15.5. The fraction of sp³-hybridized carbons (Fsp3) is 0.375. The van der Waals surface area contributed by atoms with Crippen LogP contribution < -0.4 is 26.8 Å². The normalized spacial score (nSPS) is 17.0. The molecule has 19 nitrogen and oxygen atoms in total. The van der Waals surface area contributed by atoms with Gasteiger partial charge in [-0.2, -0.15) is 0 Å². The maximum absolute atomic E-state index is 15.5. The second kappa shape index (κ2) is 23.8. The van der Waals surface area contributed by atoms with Gasteiger partial charge in [0.05, 0.1) is 54.6 Å². The van der Waals surface area contributed by atoms with Gasteiger partial charge in [0.1, 0.15) is 30.7 Å². The lowest BCUT2D eigenvalue weighted by Gasteiger charge is -2.31. The molecule has 10 rings (SSSR count). The summed E-state index contributed by atoms with van der Waals surface area (Å²) in [6.07, 6.45) is -1.89. The van der Waals surface area contributed by atoms with Gasteiger partial charge >= 0.3 is 18.0 Å². The molecule has 0 saturated carbocycles. The molecule has 84 heavy (non-hydrogen) atoms. The number of hydrogen-bond acceptors (Lipinski definition) is 14. The van der Waals surface area contributed by atoms with Crippen LogP contribution in [0.5, 0.6) is 0 Å². The number of alkyl carbamates (subject to hydrolysis) is 1. The molecule has 4 aliphatic rings. The van der Waals surface area contributed by atoms with Gasteiger partial charge in [0, 0.05) is 53.7 Å². The van der Waals surface area contributed by atoms with Crippen molar-refractivity contribution in [2.75, 3.05) is 19.7 Å². The Morgan fingerprint density at radius 2 is 1.55 bits per heavy atom. The minimum Gasteiger partial charge on any atom is -0.460 e. The zero-order valence-electron chi connectivity index (χ0n) is 47.3. The van der Waals surface area contributed by atoms with Gasteiger partial charge in [0.15, 0.2) is 17.2 Å². The summed E-state index contributed by atoms with van der Waals surface area (Å²) in [5.74, 6) is -6.40. The zero-order chi connectivity index (χ0) is 59.8. The lowest BCUT2D eigenvalue weighted by Crippen LogP contribution is -2.44. The highest BCUT2D eigenvalue weighted by Crippen LogP contribution is 2.47. The van der Waals surface area contributed by atoms with Gasteiger partial charge in [0.2, 0.25) is 17.7 Å². The summed E-state index contributed by atoms with van der Waals surface area (Å²) in [4.78, 5) is 127. The molecule has 4 aromatic carbocycles. The van der Waals surface area contributed by atoms with E-state index in [-0.39, 0.29) is 56.1 Å². The van der Waals surface area contributed by atoms with Crippen LogP contribution in [-0.2, 0) is 79.4 Å². The number of Topliss-reactive ketones (excluding diaryl/α,β-unsaturated/α-hetero) is 2. The third-order valence-electron chi connectivity index (χ3n) is 16.2. The molecule has 5 N–H and O–H groups in total. The molecule has 4 amide bonds. The fourth-order valence-corrected chi connectivity index (χ4v) is 12.0. The van der Waals surface area contributed by atoms with E-state index in [9.17, 15) is 48.3 Å². The first-order valence-corrected chi connectivity index (χ1v) is 28.2. The first-order valence-electron chi connectivity index (χ1n) is 28.2. The molecular formula is C64H65FN6O13. The number of aromatic nitrogens is 2. The van der Waals surface area contributed by atoms with E-state index in [2.05, 4.69) is 21.3 Å². The van der Waals surface area contributed by atoms with Crippen molar-refractivity contribution in [3.05, 3.63) is 157 Å². The lowest BCUT2D eigenvalue weighted by molar-refractivity contribution is -0.172. The van der Waals surface area contributed by atoms with Crippen LogP contribution in [0.15, 0.2) is 95.8 Å². The van der Waals surface area contributed by atoms with Crippen molar-refractivity contribution in [1.29, 1.82) is 0 Å². The van der Waals surface area contributed by atoms with Crippen LogP contribution >= 0.6 is 0 Å². The van der Waals surface area contributed by atoms with Gasteiger partial charge in [-0.3, -0.25) is 33.6 Å². The molecule has 2 aromatic heterocycles. The number of carbonyl (C=O) groups is 8. The van der Waals surface area contributed by atoms with Gasteiger partial charge in [-0.1, -0.05) is 85.8 Å². The molecule has 20 heteroatoms. The minimum absolute atomic E-state index is 0.0276. The number of ketones is 2. The molecule has 0 saturated heterocycles. The van der Waals surface area contributed by atoms with Crippen molar-refractivity contribution in [2.45, 2.75) is 128 Å². The molecule has 0 bridgehead atoms. The lowest BCUT2D eigenvalue weighted by atomic mass is 9.81. The van der Waals surface area contributed by atoms with E-state index in [1.807, 2.05) is 48.5 Å². The number of cyclic esters (lactones) is 1. The summed E-state index contributed by atoms with van der Waals surface area (Å²) in [5, 5.41) is 22.8. The van der Waals surface area contributed by atoms with Crippen LogP contribution in [0.2, 0.25) is 0 Å². The number of halogens is 1. The van der Waals surface area contributed by atoms with Gasteiger partial charge in [0.25, 0.3) is 5.56 Å². The van der Waals surface area contributed by atoms with Gasteiger partial charge < -0.3 is 45.2 Å². The SMILES string of the molecule is CC[C@@]1(O)C(=O)OCc2c1cc1n(c2=O)Cc2c-1nc1cc(F)c(C)c3c1c2[C@@H](NC(=O)CNC(=O)[C@@H](CC(=O)CNC(=O)CCC(=O)[C@H](CC(=O)OC(C)(C)C)NC(=O)OCC1c2ccccc2-c2ccccc21)Cc1ccccc1)CC3. The van der Waals surface area contributed by atoms with Crippen molar-refractivity contribution in [3.63, 3.8) is 0 Å². The second-order valence-corrected chi connectivity index (χ2v) is 22.9. The van der Waals surface area contributed by atoms with E-state index >= 15 is 4.39 Å². The number of nitrogens with zero attached hydrogens (tertiary/aromatic N) is 2. The van der Waals surface area contributed by atoms with Crippen LogP contribution in [0.3, 0.4) is 0 Å². The highest BCUT2D eigenvalue weighted by molar-refractivity contribution is 5.97. The Balaban J connectivity index is 0.770. The van der Waals surface area contributed by atoms with Crippen LogP contribution in [0.4, 0.5) is 9.18 Å². The summed E-state index contributed by atoms with van der Waals surface area (Å²) in [6, 6.07) is 25.3. The van der Waals surface area contributed by atoms with E-state index in [1.165, 1.54) is 10.6 Å². The number of amides is 4. The summed E-state index contributed by atoms with van der Waals surface area (Å²) in [6.45, 7) is 6.91. The summed E-state index contributed by atoms with van der Waals surface area (Å²) < 4.78 is 33.4. The molecule has 4 heterocycles. The average Bonchev–Trinajstić information content (AvgIpc) is 1.61. The molecule has 4 atom stereocenters.